The van der Waals surface area contributed by atoms with Crippen molar-refractivity contribution in [2.24, 2.45) is 5.92 Å². The number of nitro benzene ring substituents is 1. The number of aliphatic carboxylic acids is 1. The van der Waals surface area contributed by atoms with Gasteiger partial charge in [0.1, 0.15) is 6.04 Å². The molecule has 0 spiro atoms. The molecule has 2 atom stereocenters. The third-order valence-corrected chi connectivity index (χ3v) is 3.08. The van der Waals surface area contributed by atoms with Crippen molar-refractivity contribution in [3.8, 4) is 0 Å². The molecule has 0 aliphatic heterocycles. The maximum Gasteiger partial charge on any atom is 0.326 e. The Morgan fingerprint density at radius 3 is 2.60 bits per heavy atom. The molecule has 0 fully saturated rings. The second-order valence-corrected chi connectivity index (χ2v) is 4.48. The van der Waals surface area contributed by atoms with Crippen LogP contribution in [-0.2, 0) is 4.79 Å². The van der Waals surface area contributed by atoms with Crippen molar-refractivity contribution in [2.75, 3.05) is 0 Å². The molecular formula is C13H16N2O5. The van der Waals surface area contributed by atoms with E-state index in [1.165, 1.54) is 18.2 Å². The Balaban J connectivity index is 2.92. The topological polar surface area (TPSA) is 110 Å². The number of hydrogen-bond acceptors (Lipinski definition) is 4. The van der Waals surface area contributed by atoms with Gasteiger partial charge < -0.3 is 10.4 Å². The summed E-state index contributed by atoms with van der Waals surface area (Å²) in [4.78, 5) is 33.1. The molecule has 0 unspecified atom stereocenters. The van der Waals surface area contributed by atoms with E-state index in [2.05, 4.69) is 5.32 Å². The molecule has 1 amide bonds. The average molecular weight is 280 g/mol. The van der Waals surface area contributed by atoms with Crippen LogP contribution in [0.3, 0.4) is 0 Å². The largest absolute Gasteiger partial charge is 0.480 e. The number of carbonyl (C=O) groups excluding carboxylic acids is 1. The quantitative estimate of drug-likeness (QED) is 0.610. The molecule has 1 aromatic rings. The number of carboxylic acids is 1. The highest BCUT2D eigenvalue weighted by molar-refractivity contribution is 5.97. The van der Waals surface area contributed by atoms with Crippen LogP contribution in [0.5, 0.6) is 0 Å². The molecule has 1 aromatic carbocycles. The van der Waals surface area contributed by atoms with Gasteiger partial charge in [-0.05, 0) is 12.0 Å². The van der Waals surface area contributed by atoms with E-state index in [0.717, 1.165) is 6.07 Å². The first-order valence-electron chi connectivity index (χ1n) is 6.15. The Kier molecular flexibility index (Phi) is 5.19. The van der Waals surface area contributed by atoms with E-state index in [-0.39, 0.29) is 17.2 Å². The smallest absolute Gasteiger partial charge is 0.326 e. The molecule has 0 saturated heterocycles. The van der Waals surface area contributed by atoms with E-state index in [1.807, 2.05) is 6.92 Å². The molecule has 108 valence electrons. The molecule has 0 aliphatic rings. The first-order chi connectivity index (χ1) is 9.36. The van der Waals surface area contributed by atoms with Crippen molar-refractivity contribution in [2.45, 2.75) is 26.3 Å². The molecule has 0 aromatic heterocycles. The van der Waals surface area contributed by atoms with Crippen LogP contribution in [0, 0.1) is 16.0 Å². The van der Waals surface area contributed by atoms with Gasteiger partial charge in [0.2, 0.25) is 0 Å². The van der Waals surface area contributed by atoms with Crippen LogP contribution in [0.15, 0.2) is 24.3 Å². The molecule has 0 radical (unpaired) electrons. The van der Waals surface area contributed by atoms with Gasteiger partial charge in [-0.15, -0.1) is 0 Å². The maximum absolute atomic E-state index is 12.0. The second kappa shape index (κ2) is 6.65. The summed E-state index contributed by atoms with van der Waals surface area (Å²) in [6, 6.07) is 4.14. The third-order valence-electron chi connectivity index (χ3n) is 3.08. The molecule has 0 aliphatic carbocycles. The lowest BCUT2D eigenvalue weighted by Gasteiger charge is -2.20. The monoisotopic (exact) mass is 280 g/mol. The Bertz CT molecular complexity index is 529. The van der Waals surface area contributed by atoms with Gasteiger partial charge in [0.05, 0.1) is 4.92 Å². The van der Waals surface area contributed by atoms with Crippen LogP contribution in [-0.4, -0.2) is 27.9 Å². The fourth-order valence-corrected chi connectivity index (χ4v) is 1.67. The molecular weight excluding hydrogens is 264 g/mol. The Hall–Kier alpha value is -2.44. The van der Waals surface area contributed by atoms with Crippen molar-refractivity contribution in [3.63, 3.8) is 0 Å². The van der Waals surface area contributed by atoms with Crippen LogP contribution in [0.2, 0.25) is 0 Å². The van der Waals surface area contributed by atoms with E-state index >= 15 is 0 Å². The normalized spacial score (nSPS) is 13.3. The van der Waals surface area contributed by atoms with E-state index in [4.69, 9.17) is 5.11 Å². The van der Waals surface area contributed by atoms with Gasteiger partial charge in [0.15, 0.2) is 0 Å². The lowest BCUT2D eigenvalue weighted by Crippen LogP contribution is -2.45. The fourth-order valence-electron chi connectivity index (χ4n) is 1.67. The van der Waals surface area contributed by atoms with E-state index in [1.54, 1.807) is 6.92 Å². The number of amides is 1. The van der Waals surface area contributed by atoms with Gasteiger partial charge in [-0.2, -0.15) is 0 Å². The van der Waals surface area contributed by atoms with E-state index < -0.39 is 22.8 Å². The lowest BCUT2D eigenvalue weighted by atomic mass is 9.99. The molecule has 1 rings (SSSR count). The lowest BCUT2D eigenvalue weighted by molar-refractivity contribution is -0.384. The van der Waals surface area contributed by atoms with Crippen molar-refractivity contribution >= 4 is 17.6 Å². The number of nitro groups is 1. The minimum atomic E-state index is -1.13. The zero-order valence-corrected chi connectivity index (χ0v) is 11.2. The van der Waals surface area contributed by atoms with E-state index in [0.29, 0.717) is 6.42 Å². The minimum absolute atomic E-state index is 0.0637. The Morgan fingerprint density at radius 1 is 1.45 bits per heavy atom. The highest BCUT2D eigenvalue weighted by Gasteiger charge is 2.26. The number of carboxylic acid groups (broad SMARTS) is 1. The molecule has 20 heavy (non-hydrogen) atoms. The summed E-state index contributed by atoms with van der Waals surface area (Å²) >= 11 is 0. The van der Waals surface area contributed by atoms with Crippen LogP contribution in [0.25, 0.3) is 0 Å². The molecule has 0 saturated carbocycles. The van der Waals surface area contributed by atoms with Crippen LogP contribution in [0.4, 0.5) is 5.69 Å². The molecule has 0 heterocycles. The number of rotatable bonds is 6. The van der Waals surface area contributed by atoms with Crippen molar-refractivity contribution in [3.05, 3.63) is 39.9 Å². The van der Waals surface area contributed by atoms with Crippen molar-refractivity contribution < 1.29 is 19.6 Å². The third kappa shape index (κ3) is 3.78. The maximum atomic E-state index is 12.0. The Labute approximate surface area is 115 Å². The molecule has 7 nitrogen and oxygen atoms in total. The summed E-state index contributed by atoms with van der Waals surface area (Å²) in [5.74, 6) is -2.00. The van der Waals surface area contributed by atoms with Gasteiger partial charge in [-0.25, -0.2) is 4.79 Å². The first-order valence-corrected chi connectivity index (χ1v) is 6.15. The Morgan fingerprint density at radius 2 is 2.10 bits per heavy atom. The van der Waals surface area contributed by atoms with Crippen molar-refractivity contribution in [1.82, 2.24) is 5.32 Å². The van der Waals surface area contributed by atoms with Gasteiger partial charge in [0, 0.05) is 17.7 Å². The van der Waals surface area contributed by atoms with Crippen LogP contribution >= 0.6 is 0 Å². The number of nitrogens with one attached hydrogen (secondary N) is 1. The van der Waals surface area contributed by atoms with Gasteiger partial charge >= 0.3 is 5.97 Å². The molecule has 7 heteroatoms. The van der Waals surface area contributed by atoms with Gasteiger partial charge in [0.25, 0.3) is 11.6 Å². The number of carbonyl (C=O) groups is 2. The van der Waals surface area contributed by atoms with E-state index in [9.17, 15) is 19.7 Å². The zero-order valence-electron chi connectivity index (χ0n) is 11.2. The summed E-state index contributed by atoms with van der Waals surface area (Å²) in [6.45, 7) is 3.53. The SMILES string of the molecule is CC[C@H](C)[C@@H](NC(=O)c1cccc([N+](=O)[O-])c1)C(=O)O. The number of non-ortho nitro benzene ring substituents is 1. The minimum Gasteiger partial charge on any atom is -0.480 e. The predicted molar refractivity (Wildman–Crippen MR) is 71.4 cm³/mol. The summed E-state index contributed by atoms with van der Waals surface area (Å²) in [7, 11) is 0. The van der Waals surface area contributed by atoms with Gasteiger partial charge in [-0.1, -0.05) is 26.3 Å². The zero-order chi connectivity index (χ0) is 15.3. The van der Waals surface area contributed by atoms with Crippen LogP contribution < -0.4 is 5.32 Å². The summed E-state index contributed by atoms with van der Waals surface area (Å²) in [5, 5.41) is 22.1. The number of hydrogen-bond donors (Lipinski definition) is 2. The van der Waals surface area contributed by atoms with Crippen molar-refractivity contribution in [1.29, 1.82) is 0 Å². The highest BCUT2D eigenvalue weighted by Crippen LogP contribution is 2.14. The molecule has 0 bridgehead atoms. The summed E-state index contributed by atoms with van der Waals surface area (Å²) < 4.78 is 0. The standard InChI is InChI=1S/C13H16N2O5/c1-3-8(2)11(13(17)18)14-12(16)9-5-4-6-10(7-9)15(19)20/h4-8,11H,3H2,1-2H3,(H,14,16)(H,17,18)/t8-,11+/m0/s1. The highest BCUT2D eigenvalue weighted by atomic mass is 16.6. The second-order valence-electron chi connectivity index (χ2n) is 4.48. The van der Waals surface area contributed by atoms with Crippen LogP contribution in [0.1, 0.15) is 30.6 Å². The van der Waals surface area contributed by atoms with Gasteiger partial charge in [-0.3, -0.25) is 14.9 Å². The summed E-state index contributed by atoms with van der Waals surface area (Å²) in [5.41, 5.74) is -0.151. The average Bonchev–Trinajstić information content (AvgIpc) is 2.43. The fraction of sp³-hybridized carbons (Fsp3) is 0.385. The molecule has 2 N–H and O–H groups in total. The number of benzene rings is 1. The summed E-state index contributed by atoms with van der Waals surface area (Å²) in [6.07, 6.45) is 0.589. The predicted octanol–water partition coefficient (Wildman–Crippen LogP) is 1.82. The number of nitrogens with zero attached hydrogens (tertiary/aromatic N) is 1. The first kappa shape index (κ1) is 15.6.